The fourth-order valence-corrected chi connectivity index (χ4v) is 3.18. The molecule has 2 aliphatic rings. The number of rotatable bonds is 3. The number of amides is 1. The van der Waals surface area contributed by atoms with Crippen LogP contribution < -0.4 is 15.0 Å². The van der Waals surface area contributed by atoms with Gasteiger partial charge in [0, 0.05) is 31.8 Å². The lowest BCUT2D eigenvalue weighted by Crippen LogP contribution is -2.36. The molecule has 6 heteroatoms. The zero-order valence-corrected chi connectivity index (χ0v) is 13.2. The summed E-state index contributed by atoms with van der Waals surface area (Å²) in [5.41, 5.74) is 3.04. The highest BCUT2D eigenvalue weighted by Crippen LogP contribution is 2.32. The normalized spacial score (nSPS) is 15.2. The van der Waals surface area contributed by atoms with E-state index < -0.39 is 0 Å². The number of hydrogen-bond acceptors (Lipinski definition) is 4. The van der Waals surface area contributed by atoms with E-state index in [1.54, 1.807) is 12.3 Å². The van der Waals surface area contributed by atoms with Gasteiger partial charge in [0.25, 0.3) is 0 Å². The summed E-state index contributed by atoms with van der Waals surface area (Å²) in [5.74, 6) is 1.63. The summed E-state index contributed by atoms with van der Waals surface area (Å²) in [6.07, 6.45) is 3.58. The minimum absolute atomic E-state index is 0.0867. The zero-order valence-electron chi connectivity index (χ0n) is 13.2. The maximum absolute atomic E-state index is 12.5. The van der Waals surface area contributed by atoms with Crippen molar-refractivity contribution in [1.82, 2.24) is 9.88 Å². The summed E-state index contributed by atoms with van der Waals surface area (Å²) in [7, 11) is 0. The number of pyridine rings is 1. The second kappa shape index (κ2) is 6.03. The average Bonchev–Trinajstić information content (AvgIpc) is 3.07. The number of nitrogens with one attached hydrogen (secondary N) is 1. The molecule has 0 atom stereocenters. The van der Waals surface area contributed by atoms with Crippen LogP contribution in [-0.2, 0) is 24.2 Å². The first kappa shape index (κ1) is 14.8. The van der Waals surface area contributed by atoms with E-state index in [0.717, 1.165) is 34.6 Å². The third-order valence-corrected chi connectivity index (χ3v) is 4.54. The second-order valence-corrected chi connectivity index (χ2v) is 6.10. The van der Waals surface area contributed by atoms with Crippen LogP contribution >= 0.6 is 0 Å². The first-order valence-electron chi connectivity index (χ1n) is 8.06. The molecule has 6 nitrogen and oxygen atoms in total. The molecule has 24 heavy (non-hydrogen) atoms. The van der Waals surface area contributed by atoms with Gasteiger partial charge in [0.15, 0.2) is 11.5 Å². The van der Waals surface area contributed by atoms with Crippen LogP contribution in [0.3, 0.4) is 0 Å². The maximum atomic E-state index is 12.5. The van der Waals surface area contributed by atoms with Gasteiger partial charge in [-0.25, -0.2) is 0 Å². The van der Waals surface area contributed by atoms with E-state index in [1.165, 1.54) is 0 Å². The predicted octanol–water partition coefficient (Wildman–Crippen LogP) is 1.62. The molecule has 0 unspecified atom stereocenters. The van der Waals surface area contributed by atoms with Crippen LogP contribution in [0.2, 0.25) is 0 Å². The fourth-order valence-electron chi connectivity index (χ4n) is 3.18. The fraction of sp³-hybridized carbons (Fsp3) is 0.333. The molecule has 0 radical (unpaired) electrons. The van der Waals surface area contributed by atoms with Gasteiger partial charge in [0.1, 0.15) is 0 Å². The van der Waals surface area contributed by atoms with Crippen LogP contribution in [0.25, 0.3) is 0 Å². The number of carbonyl (C=O) groups is 1. The van der Waals surface area contributed by atoms with Gasteiger partial charge in [-0.3, -0.25) is 9.59 Å². The number of carbonyl (C=O) groups excluding carboxylic acids is 1. The van der Waals surface area contributed by atoms with Gasteiger partial charge >= 0.3 is 0 Å². The highest BCUT2D eigenvalue weighted by Gasteiger charge is 2.21. The minimum atomic E-state index is -0.0867. The van der Waals surface area contributed by atoms with Crippen LogP contribution in [0.15, 0.2) is 35.3 Å². The number of hydrogen-bond donors (Lipinski definition) is 1. The summed E-state index contributed by atoms with van der Waals surface area (Å²) in [5, 5.41) is 0. The molecule has 0 spiro atoms. The van der Waals surface area contributed by atoms with Crippen molar-refractivity contribution in [2.24, 2.45) is 0 Å². The number of ether oxygens (including phenoxy) is 2. The van der Waals surface area contributed by atoms with E-state index in [4.69, 9.17) is 9.47 Å². The van der Waals surface area contributed by atoms with Crippen LogP contribution in [0.1, 0.15) is 23.1 Å². The van der Waals surface area contributed by atoms with Crippen LogP contribution in [-0.4, -0.2) is 29.1 Å². The molecule has 1 aromatic heterocycles. The molecule has 4 rings (SSSR count). The van der Waals surface area contributed by atoms with E-state index in [1.807, 2.05) is 23.1 Å². The van der Waals surface area contributed by atoms with E-state index >= 15 is 0 Å². The van der Waals surface area contributed by atoms with Gasteiger partial charge in [-0.1, -0.05) is 6.07 Å². The molecule has 1 N–H and O–H groups in total. The van der Waals surface area contributed by atoms with Gasteiger partial charge in [0.2, 0.25) is 18.3 Å². The predicted molar refractivity (Wildman–Crippen MR) is 87.1 cm³/mol. The van der Waals surface area contributed by atoms with Gasteiger partial charge in [-0.2, -0.15) is 0 Å². The standard InChI is InChI=1S/C18H18N2O4/c21-17-8-13-5-6-20(10-14(13)9-19-17)18(22)4-2-12-1-3-15-16(7-12)24-11-23-15/h1,3,7-9H,2,4-6,10-11H2,(H,19,21). The average molecular weight is 326 g/mol. The molecular formula is C18H18N2O4. The topological polar surface area (TPSA) is 71.6 Å². The number of benzene rings is 1. The van der Waals surface area contributed by atoms with Crippen molar-refractivity contribution in [2.75, 3.05) is 13.3 Å². The van der Waals surface area contributed by atoms with E-state index in [9.17, 15) is 9.59 Å². The minimum Gasteiger partial charge on any atom is -0.454 e. The third-order valence-electron chi connectivity index (χ3n) is 4.54. The summed E-state index contributed by atoms with van der Waals surface area (Å²) in [6.45, 7) is 1.48. The van der Waals surface area contributed by atoms with Crippen molar-refractivity contribution in [3.63, 3.8) is 0 Å². The van der Waals surface area contributed by atoms with E-state index in [0.29, 0.717) is 25.9 Å². The molecule has 0 saturated carbocycles. The molecule has 0 aliphatic carbocycles. The van der Waals surface area contributed by atoms with Crippen LogP contribution in [0.5, 0.6) is 11.5 Å². The van der Waals surface area contributed by atoms with Gasteiger partial charge in [-0.15, -0.1) is 0 Å². The Morgan fingerprint density at radius 2 is 2.04 bits per heavy atom. The number of aromatic amines is 1. The molecule has 2 aliphatic heterocycles. The van der Waals surface area contributed by atoms with Crippen molar-refractivity contribution in [3.8, 4) is 11.5 Å². The highest BCUT2D eigenvalue weighted by molar-refractivity contribution is 5.76. The van der Waals surface area contributed by atoms with E-state index in [2.05, 4.69) is 4.98 Å². The van der Waals surface area contributed by atoms with Crippen molar-refractivity contribution in [2.45, 2.75) is 25.8 Å². The summed E-state index contributed by atoms with van der Waals surface area (Å²) < 4.78 is 10.7. The molecule has 0 saturated heterocycles. The van der Waals surface area contributed by atoms with Crippen molar-refractivity contribution >= 4 is 5.91 Å². The van der Waals surface area contributed by atoms with Crippen molar-refractivity contribution in [1.29, 1.82) is 0 Å². The molecule has 0 fully saturated rings. The van der Waals surface area contributed by atoms with Crippen LogP contribution in [0.4, 0.5) is 0 Å². The lowest BCUT2D eigenvalue weighted by atomic mass is 10.0. The first-order chi connectivity index (χ1) is 11.7. The molecule has 124 valence electrons. The number of nitrogens with zero attached hydrogens (tertiary/aromatic N) is 1. The van der Waals surface area contributed by atoms with Gasteiger partial charge in [0.05, 0.1) is 0 Å². The Labute approximate surface area is 139 Å². The largest absolute Gasteiger partial charge is 0.454 e. The smallest absolute Gasteiger partial charge is 0.248 e. The molecular weight excluding hydrogens is 308 g/mol. The zero-order chi connectivity index (χ0) is 16.5. The van der Waals surface area contributed by atoms with Gasteiger partial charge < -0.3 is 19.4 Å². The molecule has 1 aromatic carbocycles. The number of fused-ring (bicyclic) bond motifs is 2. The highest BCUT2D eigenvalue weighted by atomic mass is 16.7. The molecule has 1 amide bonds. The Hall–Kier alpha value is -2.76. The van der Waals surface area contributed by atoms with Crippen molar-refractivity contribution in [3.05, 3.63) is 57.5 Å². The summed E-state index contributed by atoms with van der Waals surface area (Å²) >= 11 is 0. The lowest BCUT2D eigenvalue weighted by molar-refractivity contribution is -0.132. The quantitative estimate of drug-likeness (QED) is 0.930. The Kier molecular flexibility index (Phi) is 3.72. The second-order valence-electron chi connectivity index (χ2n) is 6.10. The Morgan fingerprint density at radius 3 is 2.96 bits per heavy atom. The number of H-pyrrole nitrogens is 1. The Morgan fingerprint density at radius 1 is 1.17 bits per heavy atom. The first-order valence-corrected chi connectivity index (χ1v) is 8.06. The number of aryl methyl sites for hydroxylation is 1. The summed E-state index contributed by atoms with van der Waals surface area (Å²) in [6, 6.07) is 7.42. The molecule has 0 bridgehead atoms. The molecule has 3 heterocycles. The third kappa shape index (κ3) is 2.87. The Bertz CT molecular complexity index is 843. The van der Waals surface area contributed by atoms with Crippen LogP contribution in [0, 0.1) is 0 Å². The Balaban J connectivity index is 1.38. The lowest BCUT2D eigenvalue weighted by Gasteiger charge is -2.28. The monoisotopic (exact) mass is 326 g/mol. The van der Waals surface area contributed by atoms with E-state index in [-0.39, 0.29) is 18.3 Å². The van der Waals surface area contributed by atoms with Crippen molar-refractivity contribution < 1.29 is 14.3 Å². The molecule has 2 aromatic rings. The number of aromatic nitrogens is 1. The summed E-state index contributed by atoms with van der Waals surface area (Å²) in [4.78, 5) is 28.4. The SMILES string of the molecule is O=C(CCc1ccc2c(c1)OCO2)N1CCc2cc(=O)[nH]cc2C1. The van der Waals surface area contributed by atoms with Gasteiger partial charge in [-0.05, 0) is 41.7 Å². The maximum Gasteiger partial charge on any atom is 0.248 e.